The van der Waals surface area contributed by atoms with Crippen molar-refractivity contribution in [3.05, 3.63) is 91.8 Å². The number of hydrogen-bond acceptors (Lipinski definition) is 5. The van der Waals surface area contributed by atoms with Gasteiger partial charge in [-0.25, -0.2) is 9.13 Å². The number of halogens is 5. The number of aryl methyl sites for hydroxylation is 1. The van der Waals surface area contributed by atoms with E-state index < -0.39 is 0 Å². The second kappa shape index (κ2) is 57.6. The Kier molecular flexibility index (Phi) is 96.8. The summed E-state index contributed by atoms with van der Waals surface area (Å²) in [4.78, 5) is 3.78. The minimum atomic E-state index is 0. The second-order valence-electron chi connectivity index (χ2n) is 6.93. The molecule has 3 rings (SSSR count). The van der Waals surface area contributed by atoms with Gasteiger partial charge in [0.25, 0.3) is 0 Å². The van der Waals surface area contributed by atoms with E-state index in [1.54, 1.807) is 12.4 Å². The minimum Gasteiger partial charge on any atom is -0.387 e. The monoisotopic (exact) mass is 946 g/mol. The molecule has 0 amide bonds. The molecule has 0 aliphatic rings. The van der Waals surface area contributed by atoms with Gasteiger partial charge in [-0.15, -0.1) is 67.9 Å². The van der Waals surface area contributed by atoms with Crippen molar-refractivity contribution in [2.75, 3.05) is 18.4 Å². The van der Waals surface area contributed by atoms with Gasteiger partial charge in [0, 0.05) is 67.1 Å². The van der Waals surface area contributed by atoms with Crippen LogP contribution in [0, 0.1) is 10.8 Å². The van der Waals surface area contributed by atoms with Gasteiger partial charge < -0.3 is 22.6 Å². The number of hydrogen-bond donors (Lipinski definition) is 5. The van der Waals surface area contributed by atoms with E-state index >= 15 is 0 Å². The molecular weight excluding hydrogens is 884 g/mol. The molecular formula is C31H67Br5N8+2. The van der Waals surface area contributed by atoms with Crippen molar-refractivity contribution in [3.8, 4) is 0 Å². The molecule has 3 aromatic rings. The Morgan fingerprint density at radius 1 is 0.614 bits per heavy atom. The molecule has 0 fully saturated rings. The van der Waals surface area contributed by atoms with Gasteiger partial charge in [0.15, 0.2) is 31.3 Å². The molecule has 0 bridgehead atoms. The molecule has 0 spiro atoms. The van der Waals surface area contributed by atoms with Crippen molar-refractivity contribution in [1.82, 2.24) is 4.98 Å². The zero-order chi connectivity index (χ0) is 25.3. The van der Waals surface area contributed by atoms with Crippen molar-refractivity contribution >= 4 is 95.4 Å². The lowest BCUT2D eigenvalue weighted by atomic mass is 10.1. The predicted octanol–water partition coefficient (Wildman–Crippen LogP) is 8.58. The largest absolute Gasteiger partial charge is 0.387 e. The Labute approximate surface area is 322 Å². The highest BCUT2D eigenvalue weighted by molar-refractivity contribution is 9.09. The Morgan fingerprint density at radius 2 is 0.977 bits per heavy atom. The fraction of sp³-hybridized carbons (Fsp3) is 0.452. The first-order valence-electron chi connectivity index (χ1n) is 11.1. The van der Waals surface area contributed by atoms with Gasteiger partial charge in [-0.05, 0) is 18.6 Å². The standard InChI is InChI=1S/C11H17N4.C7H11N2.C5H5N.C2H6BrN.6CH4.4BrH/c12-10(9-11(13)14)5-4-8-15-6-2-1-3-7-15;8-4-7-9-5-2-1-3-6-9;1-2-4-6-5-3-1;3-1-2-4;;;;;;;;;;/h1-3,6-7,12H,4-5,8-9H2,(H3,13,14);1-3,5-6H,4,7-8H2;1-5H;1-2,4H2;6*1H4;4*1H/q2*+1;;;;;;;;;;;;. The van der Waals surface area contributed by atoms with Crippen LogP contribution in [0.25, 0.3) is 0 Å². The number of amidine groups is 1. The molecule has 0 aliphatic heterocycles. The second-order valence-corrected chi connectivity index (χ2v) is 7.72. The molecule has 0 radical (unpaired) electrons. The Bertz CT molecular complexity index is 838. The molecule has 3 heterocycles. The van der Waals surface area contributed by atoms with Gasteiger partial charge in [0.05, 0.1) is 12.4 Å². The van der Waals surface area contributed by atoms with Crippen LogP contribution in [0.3, 0.4) is 0 Å². The highest BCUT2D eigenvalue weighted by Crippen LogP contribution is 1.95. The summed E-state index contributed by atoms with van der Waals surface area (Å²) >= 11 is 3.12. The molecule has 8 N–H and O–H groups in total. The average molecular weight is 951 g/mol. The van der Waals surface area contributed by atoms with Gasteiger partial charge in [-0.1, -0.05) is 78.7 Å². The van der Waals surface area contributed by atoms with Crippen LogP contribution in [-0.2, 0) is 13.1 Å². The third-order valence-corrected chi connectivity index (χ3v) is 4.37. The SMILES string of the molecule is Br.Br.Br.Br.C.C.C.C.C.C.N=C(N)CC(=N)CCC[n+]1ccccc1.NCCBr.NCC[n+]1ccccc1.c1ccncc1. The zero-order valence-corrected chi connectivity index (χ0v) is 29.8. The average Bonchev–Trinajstić information content (AvgIpc) is 2.87. The summed E-state index contributed by atoms with van der Waals surface area (Å²) in [6.07, 6.45) is 13.5. The third kappa shape index (κ3) is 53.5. The van der Waals surface area contributed by atoms with Gasteiger partial charge in [0.1, 0.15) is 6.54 Å². The molecule has 0 aliphatic carbocycles. The normalized spacial score (nSPS) is 7.07. The van der Waals surface area contributed by atoms with E-state index in [1.165, 1.54) is 0 Å². The van der Waals surface area contributed by atoms with Gasteiger partial charge >= 0.3 is 0 Å². The first-order valence-corrected chi connectivity index (χ1v) is 12.2. The quantitative estimate of drug-likeness (QED) is 0.0634. The molecule has 0 unspecified atom stereocenters. The van der Waals surface area contributed by atoms with Crippen LogP contribution < -0.4 is 26.3 Å². The first-order chi connectivity index (χ1) is 16.5. The van der Waals surface area contributed by atoms with Crippen molar-refractivity contribution in [1.29, 1.82) is 10.8 Å². The van der Waals surface area contributed by atoms with Crippen molar-refractivity contribution in [3.63, 3.8) is 0 Å². The lowest BCUT2D eigenvalue weighted by Crippen LogP contribution is -2.36. The summed E-state index contributed by atoms with van der Waals surface area (Å²) in [5.74, 6) is 0.0763. The van der Waals surface area contributed by atoms with Crippen LogP contribution in [0.5, 0.6) is 0 Å². The zero-order valence-electron chi connectivity index (χ0n) is 21.4. The van der Waals surface area contributed by atoms with Crippen LogP contribution >= 0.6 is 83.9 Å². The van der Waals surface area contributed by atoms with E-state index in [1.807, 2.05) is 79.4 Å². The third-order valence-electron chi connectivity index (χ3n) is 3.92. The van der Waals surface area contributed by atoms with Crippen LogP contribution in [0.1, 0.15) is 63.8 Å². The van der Waals surface area contributed by atoms with Crippen molar-refractivity contribution in [2.24, 2.45) is 17.2 Å². The summed E-state index contributed by atoms with van der Waals surface area (Å²) in [6, 6.07) is 17.7. The number of pyridine rings is 3. The minimum absolute atomic E-state index is 0. The fourth-order valence-corrected chi connectivity index (χ4v) is 2.42. The summed E-state index contributed by atoms with van der Waals surface area (Å²) in [7, 11) is 0. The first kappa shape index (κ1) is 74.0. The smallest absolute Gasteiger partial charge is 0.168 e. The van der Waals surface area contributed by atoms with Crippen LogP contribution in [-0.4, -0.2) is 35.0 Å². The van der Waals surface area contributed by atoms with Gasteiger partial charge in [-0.3, -0.25) is 10.4 Å². The van der Waals surface area contributed by atoms with Crippen molar-refractivity contribution < 1.29 is 9.13 Å². The Hall–Kier alpha value is -1.09. The molecule has 13 heteroatoms. The lowest BCUT2D eigenvalue weighted by molar-refractivity contribution is -0.697. The highest BCUT2D eigenvalue weighted by Gasteiger charge is 2.02. The molecule has 264 valence electrons. The van der Waals surface area contributed by atoms with E-state index in [2.05, 4.69) is 30.0 Å². The van der Waals surface area contributed by atoms with Crippen molar-refractivity contribution in [2.45, 2.75) is 76.9 Å². The van der Waals surface area contributed by atoms with E-state index in [-0.39, 0.29) is 118 Å². The van der Waals surface area contributed by atoms with Gasteiger partial charge in [0.2, 0.25) is 0 Å². The van der Waals surface area contributed by atoms with Crippen LogP contribution in [0.15, 0.2) is 91.8 Å². The molecule has 0 saturated carbocycles. The maximum Gasteiger partial charge on any atom is 0.168 e. The molecule has 44 heavy (non-hydrogen) atoms. The molecule has 3 aromatic heterocycles. The summed E-state index contributed by atoms with van der Waals surface area (Å²) < 4.78 is 4.14. The summed E-state index contributed by atoms with van der Waals surface area (Å²) in [6.45, 7) is 3.25. The number of nitrogens with one attached hydrogen (secondary N) is 2. The number of nitrogens with zero attached hydrogens (tertiary/aromatic N) is 3. The molecule has 8 nitrogen and oxygen atoms in total. The number of rotatable bonds is 9. The van der Waals surface area contributed by atoms with Crippen LogP contribution in [0.4, 0.5) is 0 Å². The maximum atomic E-state index is 7.55. The topological polar surface area (TPSA) is 146 Å². The van der Waals surface area contributed by atoms with E-state index in [9.17, 15) is 0 Å². The van der Waals surface area contributed by atoms with E-state index in [0.717, 1.165) is 31.4 Å². The van der Waals surface area contributed by atoms with Gasteiger partial charge in [-0.2, -0.15) is 0 Å². The summed E-state index contributed by atoms with van der Waals surface area (Å²) in [5.41, 5.74) is 16.1. The highest BCUT2D eigenvalue weighted by atomic mass is 79.9. The molecule has 0 atom stereocenters. The summed E-state index contributed by atoms with van der Waals surface area (Å²) in [5, 5.41) is 15.5. The molecule has 0 aromatic carbocycles. The fourth-order valence-electron chi connectivity index (χ4n) is 2.42. The lowest BCUT2D eigenvalue weighted by Gasteiger charge is -2.00. The number of alkyl halides is 1. The molecule has 0 saturated heterocycles. The Morgan fingerprint density at radius 3 is 1.25 bits per heavy atom. The van der Waals surface area contributed by atoms with Crippen LogP contribution in [0.2, 0.25) is 0 Å². The Balaban J connectivity index is -0.0000000369. The number of nitrogens with two attached hydrogens (primary N) is 3. The number of aromatic nitrogens is 3. The maximum absolute atomic E-state index is 7.55. The van der Waals surface area contributed by atoms with E-state index in [4.69, 9.17) is 28.0 Å². The van der Waals surface area contributed by atoms with E-state index in [0.29, 0.717) is 25.1 Å². The predicted molar refractivity (Wildman–Crippen MR) is 225 cm³/mol.